The molecule has 25 heavy (non-hydrogen) atoms. The first-order valence-corrected chi connectivity index (χ1v) is 8.91. The minimum Gasteiger partial charge on any atom is -0.483 e. The minimum atomic E-state index is -0.374. The summed E-state index contributed by atoms with van der Waals surface area (Å²) < 4.78 is 5.80. The molecule has 8 heteroatoms. The van der Waals surface area contributed by atoms with E-state index in [9.17, 15) is 4.79 Å². The maximum atomic E-state index is 12.3. The highest BCUT2D eigenvalue weighted by Crippen LogP contribution is 2.27. The summed E-state index contributed by atoms with van der Waals surface area (Å²) in [6, 6.07) is 14.1. The van der Waals surface area contributed by atoms with Crippen molar-refractivity contribution in [1.82, 2.24) is 10.2 Å². The smallest absolute Gasteiger partial charge is 0.259 e. The summed E-state index contributed by atoms with van der Waals surface area (Å²) in [7, 11) is 0. The first-order chi connectivity index (χ1) is 12.0. The van der Waals surface area contributed by atoms with Crippen LogP contribution in [-0.4, -0.2) is 16.1 Å². The van der Waals surface area contributed by atoms with Gasteiger partial charge in [0.05, 0.1) is 10.6 Å². The fraction of sp³-hybridized carbons (Fsp3) is 0.118. The number of ether oxygens (including phenoxy) is 1. The molecule has 0 aliphatic carbocycles. The van der Waals surface area contributed by atoms with Gasteiger partial charge >= 0.3 is 0 Å². The predicted molar refractivity (Wildman–Crippen MR) is 99.8 cm³/mol. The highest BCUT2D eigenvalue weighted by molar-refractivity contribution is 7.15. The fourth-order valence-corrected chi connectivity index (χ4v) is 3.25. The second-order valence-corrected chi connectivity index (χ2v) is 6.95. The first-order valence-electron chi connectivity index (χ1n) is 7.34. The van der Waals surface area contributed by atoms with Crippen molar-refractivity contribution in [2.75, 3.05) is 5.32 Å². The summed E-state index contributed by atoms with van der Waals surface area (Å²) in [5.41, 5.74) is 0.316. The number of carbonyl (C=O) groups excluding carboxylic acids is 1. The van der Waals surface area contributed by atoms with Crippen LogP contribution in [0.1, 0.15) is 28.4 Å². The molecule has 1 heterocycles. The summed E-state index contributed by atoms with van der Waals surface area (Å²) >= 11 is 13.1. The van der Waals surface area contributed by atoms with Gasteiger partial charge in [0.15, 0.2) is 5.01 Å². The van der Waals surface area contributed by atoms with Gasteiger partial charge in [0.1, 0.15) is 11.9 Å². The Morgan fingerprint density at radius 2 is 1.92 bits per heavy atom. The molecule has 3 rings (SSSR count). The lowest BCUT2D eigenvalue weighted by Crippen LogP contribution is -2.12. The molecular formula is C17H13Cl2N3O2S. The molecule has 0 saturated heterocycles. The number of hydrogen-bond acceptors (Lipinski definition) is 5. The van der Waals surface area contributed by atoms with E-state index in [1.807, 2.05) is 37.3 Å². The number of anilines is 1. The van der Waals surface area contributed by atoms with E-state index in [2.05, 4.69) is 15.5 Å². The summed E-state index contributed by atoms with van der Waals surface area (Å²) in [6.07, 6.45) is -0.287. The number of para-hydroxylation sites is 1. The van der Waals surface area contributed by atoms with Crippen LogP contribution in [0.4, 0.5) is 5.13 Å². The van der Waals surface area contributed by atoms with Crippen LogP contribution in [0, 0.1) is 0 Å². The highest BCUT2D eigenvalue weighted by Gasteiger charge is 2.17. The van der Waals surface area contributed by atoms with E-state index >= 15 is 0 Å². The molecule has 5 nitrogen and oxygen atoms in total. The van der Waals surface area contributed by atoms with Gasteiger partial charge in [0.2, 0.25) is 5.13 Å². The largest absolute Gasteiger partial charge is 0.483 e. The number of amides is 1. The molecule has 1 aromatic heterocycles. The van der Waals surface area contributed by atoms with Crippen LogP contribution in [0.2, 0.25) is 10.0 Å². The number of hydrogen-bond donors (Lipinski definition) is 1. The molecule has 1 atom stereocenters. The van der Waals surface area contributed by atoms with Crippen LogP contribution in [-0.2, 0) is 0 Å². The van der Waals surface area contributed by atoms with Gasteiger partial charge in [-0.05, 0) is 37.3 Å². The maximum Gasteiger partial charge on any atom is 0.259 e. The third kappa shape index (κ3) is 4.48. The van der Waals surface area contributed by atoms with Crippen LogP contribution in [0.25, 0.3) is 0 Å². The van der Waals surface area contributed by atoms with Crippen molar-refractivity contribution in [3.05, 3.63) is 69.1 Å². The van der Waals surface area contributed by atoms with Crippen molar-refractivity contribution >= 4 is 45.6 Å². The van der Waals surface area contributed by atoms with E-state index in [-0.39, 0.29) is 17.0 Å². The number of halogens is 2. The molecular weight excluding hydrogens is 381 g/mol. The Hall–Kier alpha value is -2.15. The topological polar surface area (TPSA) is 64.1 Å². The van der Waals surface area contributed by atoms with E-state index in [1.54, 1.807) is 12.1 Å². The van der Waals surface area contributed by atoms with E-state index in [4.69, 9.17) is 27.9 Å². The molecule has 0 spiro atoms. The highest BCUT2D eigenvalue weighted by atomic mass is 35.5. The molecule has 1 amide bonds. The number of benzene rings is 2. The van der Waals surface area contributed by atoms with E-state index in [1.165, 1.54) is 17.4 Å². The van der Waals surface area contributed by atoms with Gasteiger partial charge in [-0.25, -0.2) is 0 Å². The Kier molecular flexibility index (Phi) is 5.53. The standard InChI is InChI=1S/C17H13Cl2N3O2S/c1-10(24-12-5-3-2-4-6-12)16-21-22-17(25-16)20-15(23)13-8-7-11(18)9-14(13)19/h2-10H,1H3,(H,20,22,23). The van der Waals surface area contributed by atoms with Crippen molar-refractivity contribution in [3.63, 3.8) is 0 Å². The quantitative estimate of drug-likeness (QED) is 0.643. The van der Waals surface area contributed by atoms with Gasteiger partial charge in [-0.15, -0.1) is 10.2 Å². The normalized spacial score (nSPS) is 11.8. The van der Waals surface area contributed by atoms with Gasteiger partial charge in [-0.1, -0.05) is 52.7 Å². The van der Waals surface area contributed by atoms with Gasteiger partial charge in [-0.2, -0.15) is 0 Å². The van der Waals surface area contributed by atoms with E-state index in [0.29, 0.717) is 20.7 Å². The van der Waals surface area contributed by atoms with Crippen molar-refractivity contribution in [2.24, 2.45) is 0 Å². The number of nitrogens with zero attached hydrogens (tertiary/aromatic N) is 2. The number of nitrogens with one attached hydrogen (secondary N) is 1. The van der Waals surface area contributed by atoms with Crippen LogP contribution < -0.4 is 10.1 Å². The molecule has 2 aromatic carbocycles. The van der Waals surface area contributed by atoms with Crippen molar-refractivity contribution in [2.45, 2.75) is 13.0 Å². The second kappa shape index (κ2) is 7.82. The summed E-state index contributed by atoms with van der Waals surface area (Å²) in [5, 5.41) is 12.5. The lowest BCUT2D eigenvalue weighted by atomic mass is 10.2. The third-order valence-corrected chi connectivity index (χ3v) is 4.79. The predicted octanol–water partition coefficient (Wildman–Crippen LogP) is 5.24. The van der Waals surface area contributed by atoms with Crippen molar-refractivity contribution < 1.29 is 9.53 Å². The number of rotatable bonds is 5. The van der Waals surface area contributed by atoms with Gasteiger partial charge in [-0.3, -0.25) is 10.1 Å². The average Bonchev–Trinajstić information content (AvgIpc) is 3.04. The Balaban J connectivity index is 1.68. The van der Waals surface area contributed by atoms with E-state index in [0.717, 1.165) is 5.75 Å². The van der Waals surface area contributed by atoms with Crippen LogP contribution in [0.15, 0.2) is 48.5 Å². The Labute approximate surface area is 158 Å². The summed E-state index contributed by atoms with van der Waals surface area (Å²) in [4.78, 5) is 12.3. The monoisotopic (exact) mass is 393 g/mol. The van der Waals surface area contributed by atoms with Crippen LogP contribution in [0.3, 0.4) is 0 Å². The number of carbonyl (C=O) groups is 1. The fourth-order valence-electron chi connectivity index (χ4n) is 2.04. The first kappa shape index (κ1) is 17.7. The summed E-state index contributed by atoms with van der Waals surface area (Å²) in [5.74, 6) is 0.365. The Morgan fingerprint density at radius 3 is 2.64 bits per heavy atom. The zero-order valence-electron chi connectivity index (χ0n) is 13.1. The molecule has 1 unspecified atom stereocenters. The number of aromatic nitrogens is 2. The van der Waals surface area contributed by atoms with Crippen molar-refractivity contribution in [1.29, 1.82) is 0 Å². The lowest BCUT2D eigenvalue weighted by molar-refractivity contribution is 0.102. The van der Waals surface area contributed by atoms with Gasteiger partial charge < -0.3 is 4.74 Å². The maximum absolute atomic E-state index is 12.3. The van der Waals surface area contributed by atoms with Crippen molar-refractivity contribution in [3.8, 4) is 5.75 Å². The molecule has 0 bridgehead atoms. The molecule has 1 N–H and O–H groups in total. The second-order valence-electron chi connectivity index (χ2n) is 5.10. The minimum absolute atomic E-state index is 0.274. The lowest BCUT2D eigenvalue weighted by Gasteiger charge is -2.11. The van der Waals surface area contributed by atoms with Crippen LogP contribution in [0.5, 0.6) is 5.75 Å². The molecule has 0 saturated carbocycles. The Bertz CT molecular complexity index is 887. The van der Waals surface area contributed by atoms with Gasteiger partial charge in [0, 0.05) is 5.02 Å². The summed E-state index contributed by atoms with van der Waals surface area (Å²) in [6.45, 7) is 1.87. The zero-order valence-corrected chi connectivity index (χ0v) is 15.4. The zero-order chi connectivity index (χ0) is 17.8. The Morgan fingerprint density at radius 1 is 1.16 bits per heavy atom. The third-order valence-electron chi connectivity index (χ3n) is 3.24. The van der Waals surface area contributed by atoms with Gasteiger partial charge in [0.25, 0.3) is 5.91 Å². The van der Waals surface area contributed by atoms with Crippen LogP contribution >= 0.6 is 34.5 Å². The molecule has 0 fully saturated rings. The molecule has 0 radical (unpaired) electrons. The molecule has 3 aromatic rings. The average molecular weight is 394 g/mol. The SMILES string of the molecule is CC(Oc1ccccc1)c1nnc(NC(=O)c2ccc(Cl)cc2Cl)s1. The molecule has 0 aliphatic rings. The molecule has 0 aliphatic heterocycles. The van der Waals surface area contributed by atoms with E-state index < -0.39 is 0 Å². The molecule has 128 valence electrons.